The van der Waals surface area contributed by atoms with Crippen molar-refractivity contribution in [3.05, 3.63) is 65.2 Å². The molecule has 2 aromatic carbocycles. The van der Waals surface area contributed by atoms with Crippen LogP contribution in [-0.4, -0.2) is 12.2 Å². The van der Waals surface area contributed by atoms with Crippen LogP contribution in [0, 0.1) is 0 Å². The van der Waals surface area contributed by atoms with Crippen LogP contribution in [0.3, 0.4) is 0 Å². The minimum atomic E-state index is -0.434. The molecule has 2 atom stereocenters. The van der Waals surface area contributed by atoms with E-state index in [1.807, 2.05) is 24.3 Å². The van der Waals surface area contributed by atoms with Crippen LogP contribution in [0.2, 0.25) is 0 Å². The average molecular weight is 282 g/mol. The van der Waals surface area contributed by atoms with Gasteiger partial charge in [0.05, 0.1) is 13.2 Å². The zero-order valence-corrected chi connectivity index (χ0v) is 12.5. The van der Waals surface area contributed by atoms with Gasteiger partial charge in [-0.15, -0.1) is 0 Å². The molecule has 1 N–H and O–H groups in total. The number of aryl methyl sites for hydroxylation is 1. The summed E-state index contributed by atoms with van der Waals surface area (Å²) in [5.41, 5.74) is 3.81. The summed E-state index contributed by atoms with van der Waals surface area (Å²) in [6.45, 7) is 0. The van der Waals surface area contributed by atoms with Gasteiger partial charge in [0.15, 0.2) is 0 Å². The van der Waals surface area contributed by atoms with E-state index in [1.54, 1.807) is 7.11 Å². The molecular weight excluding hydrogens is 260 g/mol. The molecule has 1 aliphatic carbocycles. The zero-order chi connectivity index (χ0) is 14.7. The van der Waals surface area contributed by atoms with Crippen LogP contribution in [0.25, 0.3) is 0 Å². The molecule has 0 radical (unpaired) electrons. The Bertz CT molecular complexity index is 606. The summed E-state index contributed by atoms with van der Waals surface area (Å²) in [6, 6.07) is 16.4. The number of ether oxygens (including phenoxy) is 1. The van der Waals surface area contributed by atoms with Crippen LogP contribution in [0.4, 0.5) is 0 Å². The van der Waals surface area contributed by atoms with E-state index >= 15 is 0 Å². The molecule has 0 aliphatic heterocycles. The minimum absolute atomic E-state index is 0.434. The second kappa shape index (κ2) is 6.31. The number of hydrogen-bond donors (Lipinski definition) is 1. The van der Waals surface area contributed by atoms with Gasteiger partial charge in [-0.1, -0.05) is 36.4 Å². The van der Waals surface area contributed by atoms with Gasteiger partial charge in [0.1, 0.15) is 5.75 Å². The molecule has 2 aromatic rings. The number of methoxy groups -OCH3 is 1. The van der Waals surface area contributed by atoms with Crippen molar-refractivity contribution in [1.82, 2.24) is 0 Å². The van der Waals surface area contributed by atoms with Gasteiger partial charge in [-0.2, -0.15) is 0 Å². The van der Waals surface area contributed by atoms with E-state index in [1.165, 1.54) is 24.0 Å². The molecule has 2 unspecified atom stereocenters. The molecule has 1 aliphatic rings. The quantitative estimate of drug-likeness (QED) is 0.909. The van der Waals surface area contributed by atoms with Crippen molar-refractivity contribution in [2.75, 3.05) is 7.11 Å². The van der Waals surface area contributed by atoms with Crippen molar-refractivity contribution in [3.8, 4) is 5.75 Å². The number of rotatable bonds is 4. The fraction of sp³-hybridized carbons (Fsp3) is 0.368. The number of benzene rings is 2. The first-order valence-electron chi connectivity index (χ1n) is 7.67. The zero-order valence-electron chi connectivity index (χ0n) is 12.5. The first-order chi connectivity index (χ1) is 10.3. The molecular formula is C19H22O2. The van der Waals surface area contributed by atoms with E-state index in [9.17, 15) is 5.11 Å². The lowest BCUT2D eigenvalue weighted by Crippen LogP contribution is -2.13. The van der Waals surface area contributed by atoms with Gasteiger partial charge in [-0.05, 0) is 60.4 Å². The molecule has 2 nitrogen and oxygen atoms in total. The second-order valence-electron chi connectivity index (χ2n) is 5.82. The van der Waals surface area contributed by atoms with Crippen molar-refractivity contribution < 1.29 is 9.84 Å². The molecule has 21 heavy (non-hydrogen) atoms. The Labute approximate surface area is 126 Å². The summed E-state index contributed by atoms with van der Waals surface area (Å²) in [6.07, 6.45) is 3.90. The lowest BCUT2D eigenvalue weighted by Gasteiger charge is -2.27. The molecule has 3 rings (SSSR count). The van der Waals surface area contributed by atoms with E-state index in [-0.39, 0.29) is 0 Å². The highest BCUT2D eigenvalue weighted by atomic mass is 16.5. The largest absolute Gasteiger partial charge is 0.497 e. The van der Waals surface area contributed by atoms with E-state index < -0.39 is 6.10 Å². The Hall–Kier alpha value is -1.80. The summed E-state index contributed by atoms with van der Waals surface area (Å²) in [7, 11) is 1.66. The Morgan fingerprint density at radius 3 is 2.90 bits per heavy atom. The number of aliphatic hydroxyl groups is 1. The number of aliphatic hydroxyl groups excluding tert-OH is 1. The normalized spacial score (nSPS) is 18.9. The van der Waals surface area contributed by atoms with E-state index in [0.717, 1.165) is 24.2 Å². The average Bonchev–Trinajstić information content (AvgIpc) is 2.55. The lowest BCUT2D eigenvalue weighted by molar-refractivity contribution is 0.153. The smallest absolute Gasteiger partial charge is 0.119 e. The van der Waals surface area contributed by atoms with Crippen LogP contribution >= 0.6 is 0 Å². The molecule has 0 amide bonds. The van der Waals surface area contributed by atoms with Crippen LogP contribution in [-0.2, 0) is 6.42 Å². The van der Waals surface area contributed by atoms with Crippen LogP contribution in [0.5, 0.6) is 5.75 Å². The van der Waals surface area contributed by atoms with Gasteiger partial charge >= 0.3 is 0 Å². The molecule has 0 aromatic heterocycles. The van der Waals surface area contributed by atoms with Gasteiger partial charge in [0.25, 0.3) is 0 Å². The van der Waals surface area contributed by atoms with E-state index in [4.69, 9.17) is 4.74 Å². The highest BCUT2D eigenvalue weighted by Gasteiger charge is 2.23. The monoisotopic (exact) mass is 282 g/mol. The van der Waals surface area contributed by atoms with Gasteiger partial charge in [0, 0.05) is 0 Å². The van der Waals surface area contributed by atoms with Crippen LogP contribution in [0.15, 0.2) is 48.5 Å². The summed E-state index contributed by atoms with van der Waals surface area (Å²) < 4.78 is 5.24. The van der Waals surface area contributed by atoms with Crippen molar-refractivity contribution in [2.45, 2.75) is 37.7 Å². The fourth-order valence-electron chi connectivity index (χ4n) is 3.35. The number of fused-ring (bicyclic) bond motifs is 1. The summed E-state index contributed by atoms with van der Waals surface area (Å²) in [5, 5.41) is 10.6. The van der Waals surface area contributed by atoms with Crippen LogP contribution in [0.1, 0.15) is 48.0 Å². The van der Waals surface area contributed by atoms with Crippen LogP contribution < -0.4 is 4.74 Å². The third-order valence-corrected chi connectivity index (χ3v) is 4.48. The second-order valence-corrected chi connectivity index (χ2v) is 5.82. The molecule has 0 saturated carbocycles. The Morgan fingerprint density at radius 1 is 1.19 bits per heavy atom. The molecule has 0 saturated heterocycles. The van der Waals surface area contributed by atoms with Gasteiger partial charge in [0.2, 0.25) is 0 Å². The summed E-state index contributed by atoms with van der Waals surface area (Å²) >= 11 is 0. The molecule has 2 heteroatoms. The first kappa shape index (κ1) is 14.2. The molecule has 0 bridgehead atoms. The summed E-state index contributed by atoms with van der Waals surface area (Å²) in [5.74, 6) is 1.26. The fourth-order valence-corrected chi connectivity index (χ4v) is 3.35. The maximum absolute atomic E-state index is 10.6. The Morgan fingerprint density at radius 2 is 2.05 bits per heavy atom. The van der Waals surface area contributed by atoms with E-state index in [2.05, 4.69) is 24.3 Å². The maximum Gasteiger partial charge on any atom is 0.119 e. The van der Waals surface area contributed by atoms with Gasteiger partial charge < -0.3 is 9.84 Å². The standard InChI is InChI=1S/C19H22O2/c1-21-17-10-5-9-16(12-17)19(20)13-15-8-4-7-14-6-2-3-11-18(14)15/h2-3,5-6,9-12,15,19-20H,4,7-8,13H2,1H3. The van der Waals surface area contributed by atoms with E-state index in [0.29, 0.717) is 5.92 Å². The van der Waals surface area contributed by atoms with Crippen molar-refractivity contribution in [1.29, 1.82) is 0 Å². The van der Waals surface area contributed by atoms with Gasteiger partial charge in [-0.3, -0.25) is 0 Å². The predicted octanol–water partition coefficient (Wildman–Crippen LogP) is 4.24. The lowest BCUT2D eigenvalue weighted by atomic mass is 9.79. The Balaban J connectivity index is 1.77. The third kappa shape index (κ3) is 3.11. The SMILES string of the molecule is COc1cccc(C(O)CC2CCCc3ccccc32)c1. The maximum atomic E-state index is 10.6. The summed E-state index contributed by atoms with van der Waals surface area (Å²) in [4.78, 5) is 0. The van der Waals surface area contributed by atoms with Crippen molar-refractivity contribution in [3.63, 3.8) is 0 Å². The minimum Gasteiger partial charge on any atom is -0.497 e. The molecule has 0 heterocycles. The van der Waals surface area contributed by atoms with Crippen molar-refractivity contribution >= 4 is 0 Å². The predicted molar refractivity (Wildman–Crippen MR) is 84.7 cm³/mol. The number of hydrogen-bond acceptors (Lipinski definition) is 2. The molecule has 0 spiro atoms. The highest BCUT2D eigenvalue weighted by molar-refractivity contribution is 5.34. The van der Waals surface area contributed by atoms with Gasteiger partial charge in [-0.25, -0.2) is 0 Å². The Kier molecular flexibility index (Phi) is 4.26. The molecule has 110 valence electrons. The topological polar surface area (TPSA) is 29.5 Å². The third-order valence-electron chi connectivity index (χ3n) is 4.48. The first-order valence-corrected chi connectivity index (χ1v) is 7.67. The highest BCUT2D eigenvalue weighted by Crippen LogP contribution is 2.37. The van der Waals surface area contributed by atoms with Crippen molar-refractivity contribution in [2.24, 2.45) is 0 Å². The molecule has 0 fully saturated rings.